The minimum absolute atomic E-state index is 0.0569. The van der Waals surface area contributed by atoms with Crippen LogP contribution in [0.4, 0.5) is 5.69 Å². The number of nitrogens with one attached hydrogen (secondary N) is 1. The Morgan fingerprint density at radius 2 is 1.57 bits per heavy atom. The molecular formula is C25H18BrCl2NO. The summed E-state index contributed by atoms with van der Waals surface area (Å²) in [5.41, 5.74) is 2.51. The first kappa shape index (κ1) is 20.9. The number of ketones is 1. The van der Waals surface area contributed by atoms with Gasteiger partial charge >= 0.3 is 0 Å². The number of anilines is 1. The van der Waals surface area contributed by atoms with Crippen LogP contribution >= 0.6 is 39.1 Å². The van der Waals surface area contributed by atoms with Gasteiger partial charge in [0.1, 0.15) is 0 Å². The normalized spacial score (nSPS) is 12.0. The predicted octanol–water partition coefficient (Wildman–Crippen LogP) is 8.34. The van der Waals surface area contributed by atoms with Crippen LogP contribution in [0, 0.1) is 0 Å². The van der Waals surface area contributed by atoms with E-state index >= 15 is 0 Å². The Hall–Kier alpha value is -2.33. The van der Waals surface area contributed by atoms with Gasteiger partial charge in [-0.25, -0.2) is 0 Å². The van der Waals surface area contributed by atoms with E-state index in [4.69, 9.17) is 23.2 Å². The van der Waals surface area contributed by atoms with Crippen LogP contribution in [-0.2, 0) is 0 Å². The van der Waals surface area contributed by atoms with Crippen molar-refractivity contribution in [2.24, 2.45) is 0 Å². The second-order valence-corrected chi connectivity index (χ2v) is 8.80. The zero-order valence-corrected chi connectivity index (χ0v) is 19.0. The molecule has 0 spiro atoms. The van der Waals surface area contributed by atoms with Crippen molar-refractivity contribution >= 4 is 61.4 Å². The van der Waals surface area contributed by atoms with Crippen LogP contribution in [0.5, 0.6) is 0 Å². The summed E-state index contributed by atoms with van der Waals surface area (Å²) in [4.78, 5) is 13.2. The maximum absolute atomic E-state index is 13.2. The third kappa shape index (κ3) is 4.86. The molecule has 30 heavy (non-hydrogen) atoms. The van der Waals surface area contributed by atoms with Crippen molar-refractivity contribution in [2.45, 2.75) is 12.5 Å². The molecule has 0 radical (unpaired) electrons. The number of hydrogen-bond donors (Lipinski definition) is 1. The van der Waals surface area contributed by atoms with Crippen molar-refractivity contribution in [1.29, 1.82) is 0 Å². The summed E-state index contributed by atoms with van der Waals surface area (Å²) in [7, 11) is 0. The van der Waals surface area contributed by atoms with Crippen LogP contribution < -0.4 is 5.32 Å². The van der Waals surface area contributed by atoms with E-state index in [0.29, 0.717) is 15.6 Å². The van der Waals surface area contributed by atoms with E-state index in [9.17, 15) is 4.79 Å². The van der Waals surface area contributed by atoms with Gasteiger partial charge < -0.3 is 5.32 Å². The Kier molecular flexibility index (Phi) is 6.43. The Morgan fingerprint density at radius 1 is 0.833 bits per heavy atom. The van der Waals surface area contributed by atoms with Crippen molar-refractivity contribution in [2.75, 3.05) is 5.32 Å². The molecule has 0 saturated heterocycles. The summed E-state index contributed by atoms with van der Waals surface area (Å²) in [5, 5.41) is 6.59. The maximum Gasteiger partial charge on any atom is 0.165 e. The van der Waals surface area contributed by atoms with Gasteiger partial charge in [0.2, 0.25) is 0 Å². The molecule has 4 rings (SSSR count). The smallest absolute Gasteiger partial charge is 0.165 e. The Morgan fingerprint density at radius 3 is 2.30 bits per heavy atom. The lowest BCUT2D eigenvalue weighted by Crippen LogP contribution is -2.16. The van der Waals surface area contributed by atoms with Crippen molar-refractivity contribution in [3.05, 3.63) is 111 Å². The SMILES string of the molecule is O=C(CC(Nc1ccc(Br)cc1)c1ccc(Cl)c(Cl)c1)c1ccc2ccccc2c1. The number of hydrogen-bond acceptors (Lipinski definition) is 2. The lowest BCUT2D eigenvalue weighted by molar-refractivity contribution is 0.0976. The molecule has 2 nitrogen and oxygen atoms in total. The zero-order chi connectivity index (χ0) is 21.1. The van der Waals surface area contributed by atoms with Gasteiger partial charge in [-0.2, -0.15) is 0 Å². The van der Waals surface area contributed by atoms with Crippen LogP contribution in [0.15, 0.2) is 89.4 Å². The molecule has 0 aromatic heterocycles. The van der Waals surface area contributed by atoms with Crippen LogP contribution in [0.1, 0.15) is 28.4 Å². The minimum atomic E-state index is -0.250. The average Bonchev–Trinajstić information content (AvgIpc) is 2.76. The molecule has 0 aliphatic heterocycles. The highest BCUT2D eigenvalue weighted by Gasteiger charge is 2.19. The van der Waals surface area contributed by atoms with Gasteiger partial charge in [0.05, 0.1) is 16.1 Å². The fourth-order valence-electron chi connectivity index (χ4n) is 3.39. The van der Waals surface area contributed by atoms with Crippen molar-refractivity contribution in [1.82, 2.24) is 0 Å². The number of Topliss-reactive ketones (excluding diaryl/α,β-unsaturated/α-hetero) is 1. The van der Waals surface area contributed by atoms with Crippen molar-refractivity contribution in [3.63, 3.8) is 0 Å². The van der Waals surface area contributed by atoms with Crippen molar-refractivity contribution in [3.8, 4) is 0 Å². The Labute approximate surface area is 194 Å². The van der Waals surface area contributed by atoms with Crippen LogP contribution in [0.2, 0.25) is 10.0 Å². The largest absolute Gasteiger partial charge is 0.378 e. The fraction of sp³-hybridized carbons (Fsp3) is 0.0800. The summed E-state index contributed by atoms with van der Waals surface area (Å²) in [6.07, 6.45) is 0.284. The average molecular weight is 499 g/mol. The molecule has 1 atom stereocenters. The van der Waals surface area contributed by atoms with E-state index in [-0.39, 0.29) is 18.2 Å². The molecule has 0 aliphatic carbocycles. The molecule has 5 heteroatoms. The highest BCUT2D eigenvalue weighted by atomic mass is 79.9. The molecule has 1 unspecified atom stereocenters. The molecule has 0 fully saturated rings. The minimum Gasteiger partial charge on any atom is -0.378 e. The summed E-state index contributed by atoms with van der Waals surface area (Å²) < 4.78 is 0.992. The van der Waals surface area contributed by atoms with Gasteiger partial charge in [-0.15, -0.1) is 0 Å². The highest BCUT2D eigenvalue weighted by molar-refractivity contribution is 9.10. The third-order valence-corrected chi connectivity index (χ3v) is 6.26. The molecule has 0 saturated carbocycles. The van der Waals surface area contributed by atoms with Gasteiger partial charge in [0.25, 0.3) is 0 Å². The molecule has 150 valence electrons. The number of carbonyl (C=O) groups is 1. The summed E-state index contributed by atoms with van der Waals surface area (Å²) in [6.45, 7) is 0. The van der Waals surface area contributed by atoms with E-state index in [0.717, 1.165) is 26.5 Å². The predicted molar refractivity (Wildman–Crippen MR) is 130 cm³/mol. The van der Waals surface area contributed by atoms with E-state index in [2.05, 4.69) is 21.2 Å². The number of benzene rings is 4. The number of halogens is 3. The van der Waals surface area contributed by atoms with Crippen LogP contribution in [0.25, 0.3) is 10.8 Å². The van der Waals surface area contributed by atoms with Gasteiger partial charge in [0.15, 0.2) is 5.78 Å². The fourth-order valence-corrected chi connectivity index (χ4v) is 3.97. The Balaban J connectivity index is 1.64. The number of fused-ring (bicyclic) bond motifs is 1. The molecule has 4 aromatic carbocycles. The highest BCUT2D eigenvalue weighted by Crippen LogP contribution is 2.31. The number of carbonyl (C=O) groups excluding carboxylic acids is 1. The molecule has 0 heterocycles. The topological polar surface area (TPSA) is 29.1 Å². The second kappa shape index (κ2) is 9.22. The van der Waals surface area contributed by atoms with Crippen LogP contribution in [0.3, 0.4) is 0 Å². The lowest BCUT2D eigenvalue weighted by atomic mass is 9.96. The maximum atomic E-state index is 13.2. The summed E-state index contributed by atoms with van der Waals surface area (Å²) in [6, 6.07) is 26.9. The van der Waals surface area contributed by atoms with Gasteiger partial charge in [0, 0.05) is 22.1 Å². The van der Waals surface area contributed by atoms with E-state index < -0.39 is 0 Å². The molecule has 4 aromatic rings. The standard InChI is InChI=1S/C25H18BrCl2NO/c26-20-8-10-21(11-9-20)29-24(18-7-12-22(27)23(28)14-18)15-25(30)19-6-5-16-3-1-2-4-17(16)13-19/h1-14,24,29H,15H2. The van der Waals surface area contributed by atoms with Crippen molar-refractivity contribution < 1.29 is 4.79 Å². The molecule has 1 N–H and O–H groups in total. The summed E-state index contributed by atoms with van der Waals surface area (Å²) >= 11 is 15.8. The second-order valence-electron chi connectivity index (χ2n) is 7.07. The molecule has 0 amide bonds. The van der Waals surface area contributed by atoms with E-state index in [1.54, 1.807) is 6.07 Å². The summed E-state index contributed by atoms with van der Waals surface area (Å²) in [5.74, 6) is 0.0569. The first-order valence-corrected chi connectivity index (χ1v) is 11.0. The molecular weight excluding hydrogens is 481 g/mol. The first-order valence-electron chi connectivity index (χ1n) is 9.49. The van der Waals surface area contributed by atoms with E-state index in [1.165, 1.54) is 0 Å². The molecule has 0 bridgehead atoms. The van der Waals surface area contributed by atoms with Crippen LogP contribution in [-0.4, -0.2) is 5.78 Å². The Bertz CT molecular complexity index is 1210. The molecule has 0 aliphatic rings. The van der Waals surface area contributed by atoms with Gasteiger partial charge in [-0.3, -0.25) is 4.79 Å². The first-order chi connectivity index (χ1) is 14.5. The monoisotopic (exact) mass is 497 g/mol. The van der Waals surface area contributed by atoms with Gasteiger partial charge in [-0.05, 0) is 58.8 Å². The zero-order valence-electron chi connectivity index (χ0n) is 15.9. The van der Waals surface area contributed by atoms with E-state index in [1.807, 2.05) is 78.9 Å². The third-order valence-electron chi connectivity index (χ3n) is 4.99. The number of rotatable bonds is 6. The van der Waals surface area contributed by atoms with Gasteiger partial charge in [-0.1, -0.05) is 81.6 Å². The lowest BCUT2D eigenvalue weighted by Gasteiger charge is -2.21. The quantitative estimate of drug-likeness (QED) is 0.270.